The number of nitrogens with zero attached hydrogens (tertiary/aromatic N) is 4. The first kappa shape index (κ1) is 21.3. The summed E-state index contributed by atoms with van der Waals surface area (Å²) in [7, 11) is 5.80. The van der Waals surface area contributed by atoms with Gasteiger partial charge in [0.15, 0.2) is 5.91 Å². The van der Waals surface area contributed by atoms with Gasteiger partial charge in [-0.25, -0.2) is 19.2 Å². The number of methoxy groups -OCH3 is 1. The molecule has 0 radical (unpaired) electrons. The maximum Gasteiger partial charge on any atom is 0.428 e. The molecule has 2 heterocycles. The molecule has 0 saturated heterocycles. The lowest BCUT2D eigenvalue weighted by Gasteiger charge is -2.30. The van der Waals surface area contributed by atoms with Crippen molar-refractivity contribution in [3.63, 3.8) is 0 Å². The molecular weight excluding hydrogens is 441 g/mol. The summed E-state index contributed by atoms with van der Waals surface area (Å²) in [5, 5.41) is 11.1. The van der Waals surface area contributed by atoms with E-state index in [1.807, 2.05) is 33.5 Å². The predicted octanol–water partition coefficient (Wildman–Crippen LogP) is 3.22. The maximum atomic E-state index is 13.4. The summed E-state index contributed by atoms with van der Waals surface area (Å²) in [6, 6.07) is 12.6. The minimum Gasteiger partial charge on any atom is -0.452 e. The number of aromatic nitrogens is 2. The van der Waals surface area contributed by atoms with Gasteiger partial charge in [0, 0.05) is 11.1 Å². The Labute approximate surface area is 182 Å². The predicted molar refractivity (Wildman–Crippen MR) is 117 cm³/mol. The first-order chi connectivity index (χ1) is 14.9. The quantitative estimate of drug-likeness (QED) is 0.544. The molecule has 0 spiro atoms. The Morgan fingerprint density at radius 1 is 1.29 bits per heavy atom. The van der Waals surface area contributed by atoms with Crippen LogP contribution in [-0.2, 0) is 17.8 Å². The van der Waals surface area contributed by atoms with E-state index in [0.717, 1.165) is 16.4 Å². The smallest absolute Gasteiger partial charge is 0.428 e. The lowest BCUT2D eigenvalue weighted by molar-refractivity contribution is -0.0105. The van der Waals surface area contributed by atoms with Gasteiger partial charge in [-0.3, -0.25) is 4.79 Å². The average molecular weight is 460 g/mol. The first-order valence-corrected chi connectivity index (χ1v) is 10.5. The van der Waals surface area contributed by atoms with Crippen LogP contribution in [0.3, 0.4) is 0 Å². The van der Waals surface area contributed by atoms with Crippen LogP contribution < -0.4 is 5.30 Å². The summed E-state index contributed by atoms with van der Waals surface area (Å²) in [6.45, 7) is 0.377. The average Bonchev–Trinajstić information content (AvgIpc) is 3.38. The van der Waals surface area contributed by atoms with Crippen LogP contribution in [0.5, 0.6) is 0 Å². The van der Waals surface area contributed by atoms with Crippen LogP contribution in [0.2, 0.25) is 0 Å². The van der Waals surface area contributed by atoms with Crippen molar-refractivity contribution in [2.24, 2.45) is 0 Å². The number of hydrogen-bond acceptors (Lipinski definition) is 6. The number of halogens is 1. The molecule has 1 aliphatic heterocycles. The Morgan fingerprint density at radius 2 is 2.03 bits per heavy atom. The number of ether oxygens (including phenoxy) is 1. The summed E-state index contributed by atoms with van der Waals surface area (Å²) in [5.74, 6) is -1.89. The molecule has 11 heteroatoms. The SMILES string of the molecule is COC(=O)N(Cc1ccc(P)cc1)N1Cc2ccc(-c3nnc(C(F)P)o3)cc2C1=O. The molecule has 160 valence electrons. The van der Waals surface area contributed by atoms with Crippen LogP contribution in [0.25, 0.3) is 11.5 Å². The molecule has 1 aromatic heterocycles. The number of hydrazine groups is 1. The third-order valence-electron chi connectivity index (χ3n) is 4.81. The van der Waals surface area contributed by atoms with Crippen LogP contribution in [0.15, 0.2) is 46.9 Å². The topological polar surface area (TPSA) is 88.8 Å². The van der Waals surface area contributed by atoms with Crippen LogP contribution >= 0.6 is 18.5 Å². The van der Waals surface area contributed by atoms with Crippen molar-refractivity contribution in [1.82, 2.24) is 20.2 Å². The zero-order chi connectivity index (χ0) is 22.1. The Hall–Kier alpha value is -2.89. The van der Waals surface area contributed by atoms with E-state index in [4.69, 9.17) is 9.15 Å². The van der Waals surface area contributed by atoms with Crippen molar-refractivity contribution in [3.05, 3.63) is 65.0 Å². The minimum atomic E-state index is -1.47. The standard InChI is InChI=1S/C20H19FN4O4P2/c1-28-20(27)25(9-11-2-6-14(30)7-3-11)24-10-13-5-4-12(8-15(13)19(24)26)17-22-23-18(29-17)16(21)31/h2-8,16H,9-10,30-31H2,1H3. The second kappa shape index (κ2) is 8.69. The molecule has 3 unspecified atom stereocenters. The Balaban J connectivity index is 1.61. The summed E-state index contributed by atoms with van der Waals surface area (Å²) in [6.07, 6.45) is -0.646. The van der Waals surface area contributed by atoms with Crippen molar-refractivity contribution < 1.29 is 23.1 Å². The van der Waals surface area contributed by atoms with E-state index in [-0.39, 0.29) is 30.8 Å². The van der Waals surface area contributed by atoms with Crippen LogP contribution in [-0.4, -0.2) is 39.3 Å². The van der Waals surface area contributed by atoms with Crippen LogP contribution in [0.4, 0.5) is 9.18 Å². The molecule has 2 aromatic carbocycles. The molecule has 3 atom stereocenters. The van der Waals surface area contributed by atoms with Crippen molar-refractivity contribution in [2.75, 3.05) is 7.11 Å². The van der Waals surface area contributed by atoms with Gasteiger partial charge in [0.05, 0.1) is 20.2 Å². The van der Waals surface area contributed by atoms with Gasteiger partial charge in [0.25, 0.3) is 11.8 Å². The van der Waals surface area contributed by atoms with E-state index in [1.165, 1.54) is 17.1 Å². The fourth-order valence-electron chi connectivity index (χ4n) is 3.23. The number of fused-ring (bicyclic) bond motifs is 1. The summed E-state index contributed by atoms with van der Waals surface area (Å²) in [4.78, 5) is 25.6. The number of amides is 2. The third-order valence-corrected chi connectivity index (χ3v) is 5.48. The van der Waals surface area contributed by atoms with Gasteiger partial charge in [-0.1, -0.05) is 39.6 Å². The van der Waals surface area contributed by atoms with E-state index < -0.39 is 12.0 Å². The highest BCUT2D eigenvalue weighted by Crippen LogP contribution is 2.31. The monoisotopic (exact) mass is 460 g/mol. The number of carbonyl (C=O) groups excluding carboxylic acids is 2. The fourth-order valence-corrected chi connectivity index (χ4v) is 3.55. The van der Waals surface area contributed by atoms with Crippen molar-refractivity contribution in [1.29, 1.82) is 0 Å². The molecule has 2 amide bonds. The fraction of sp³-hybridized carbons (Fsp3) is 0.200. The zero-order valence-corrected chi connectivity index (χ0v) is 18.8. The first-order valence-electron chi connectivity index (χ1n) is 9.25. The van der Waals surface area contributed by atoms with Crippen molar-refractivity contribution in [3.8, 4) is 11.5 Å². The number of alkyl halides is 1. The van der Waals surface area contributed by atoms with E-state index in [0.29, 0.717) is 11.1 Å². The van der Waals surface area contributed by atoms with Crippen molar-refractivity contribution >= 4 is 35.8 Å². The van der Waals surface area contributed by atoms with Gasteiger partial charge < -0.3 is 9.15 Å². The summed E-state index contributed by atoms with van der Waals surface area (Å²) in [5.41, 5.74) is 2.46. The van der Waals surface area contributed by atoms with Gasteiger partial charge in [-0.2, -0.15) is 0 Å². The Kier molecular flexibility index (Phi) is 5.99. The van der Waals surface area contributed by atoms with Crippen LogP contribution in [0.1, 0.15) is 33.3 Å². The lowest BCUT2D eigenvalue weighted by Crippen LogP contribution is -2.46. The molecule has 1 aliphatic rings. The highest BCUT2D eigenvalue weighted by Gasteiger charge is 2.35. The second-order valence-corrected chi connectivity index (χ2v) is 8.10. The van der Waals surface area contributed by atoms with E-state index in [2.05, 4.69) is 19.4 Å². The molecule has 4 rings (SSSR count). The molecule has 8 nitrogen and oxygen atoms in total. The number of hydrogen-bond donors (Lipinski definition) is 0. The number of rotatable bonds is 5. The summed E-state index contributed by atoms with van der Waals surface area (Å²) < 4.78 is 23.6. The highest BCUT2D eigenvalue weighted by molar-refractivity contribution is 7.27. The van der Waals surface area contributed by atoms with Crippen LogP contribution in [0, 0.1) is 0 Å². The molecule has 0 N–H and O–H groups in total. The molecule has 0 aliphatic carbocycles. The van der Waals surface area contributed by atoms with Gasteiger partial charge in [-0.15, -0.1) is 19.4 Å². The zero-order valence-electron chi connectivity index (χ0n) is 16.5. The van der Waals surface area contributed by atoms with Gasteiger partial charge in [0.2, 0.25) is 5.89 Å². The molecule has 3 aromatic rings. The lowest BCUT2D eigenvalue weighted by atomic mass is 10.1. The second-order valence-electron chi connectivity index (χ2n) is 6.85. The van der Waals surface area contributed by atoms with Gasteiger partial charge >= 0.3 is 6.09 Å². The molecular formula is C20H19FN4O4P2. The van der Waals surface area contributed by atoms with E-state index >= 15 is 0 Å². The summed E-state index contributed by atoms with van der Waals surface area (Å²) >= 11 is 0. The van der Waals surface area contributed by atoms with E-state index in [9.17, 15) is 14.0 Å². The van der Waals surface area contributed by atoms with E-state index in [1.54, 1.807) is 18.2 Å². The molecule has 31 heavy (non-hydrogen) atoms. The third kappa shape index (κ3) is 4.29. The van der Waals surface area contributed by atoms with Crippen molar-refractivity contribution in [2.45, 2.75) is 19.0 Å². The largest absolute Gasteiger partial charge is 0.452 e. The minimum absolute atomic E-state index is 0.108. The van der Waals surface area contributed by atoms with Gasteiger partial charge in [0.1, 0.15) is 0 Å². The Morgan fingerprint density at radius 3 is 2.68 bits per heavy atom. The number of benzene rings is 2. The molecule has 0 saturated carbocycles. The maximum absolute atomic E-state index is 13.4. The highest BCUT2D eigenvalue weighted by atomic mass is 31.0. The molecule has 0 bridgehead atoms. The Bertz CT molecular complexity index is 1140. The van der Waals surface area contributed by atoms with Gasteiger partial charge in [-0.05, 0) is 28.6 Å². The number of carbonyl (C=O) groups is 2. The normalized spacial score (nSPS) is 13.8. The molecule has 0 fully saturated rings.